The normalized spacial score (nSPS) is 14.3. The first kappa shape index (κ1) is 7.91. The summed E-state index contributed by atoms with van der Waals surface area (Å²) in [4.78, 5) is 21.1. The van der Waals surface area contributed by atoms with Crippen LogP contribution >= 0.6 is 0 Å². The summed E-state index contributed by atoms with van der Waals surface area (Å²) in [5.41, 5.74) is 1.44. The Kier molecular flexibility index (Phi) is 1.62. The van der Waals surface area contributed by atoms with Crippen LogP contribution in [0.15, 0.2) is 18.2 Å². The molecular weight excluding hydrogens is 170 g/mol. The molecule has 66 valence electrons. The van der Waals surface area contributed by atoms with Gasteiger partial charge in [-0.2, -0.15) is 0 Å². The zero-order valence-electron chi connectivity index (χ0n) is 6.82. The number of rotatable bonds is 1. The zero-order valence-corrected chi connectivity index (χ0v) is 6.82. The third-order valence-corrected chi connectivity index (χ3v) is 2.23. The maximum atomic E-state index is 11.2. The molecule has 0 radical (unpaired) electrons. The van der Waals surface area contributed by atoms with Crippen molar-refractivity contribution in [2.75, 3.05) is 0 Å². The van der Waals surface area contributed by atoms with Crippen LogP contribution in [-0.2, 0) is 6.42 Å². The lowest BCUT2D eigenvalue weighted by Gasteiger charge is -1.95. The molecule has 1 aromatic rings. The molecule has 0 aliphatic heterocycles. The molecule has 0 saturated carbocycles. The van der Waals surface area contributed by atoms with E-state index in [0.29, 0.717) is 18.4 Å². The van der Waals surface area contributed by atoms with Crippen molar-refractivity contribution >= 4 is 11.5 Å². The Labute approximate surface area is 74.3 Å². The summed E-state index contributed by atoms with van der Waals surface area (Å²) in [7, 11) is 0. The Balaban J connectivity index is 2.54. The van der Waals surface area contributed by atoms with Crippen molar-refractivity contribution in [1.29, 1.82) is 0 Å². The SMILES string of the molecule is O=C1CCc2ccc([N+](=O)[O-])cc21. The molecule has 4 nitrogen and oxygen atoms in total. The quantitative estimate of drug-likeness (QED) is 0.484. The zero-order chi connectivity index (χ0) is 9.42. The highest BCUT2D eigenvalue weighted by Gasteiger charge is 2.21. The first-order chi connectivity index (χ1) is 6.18. The van der Waals surface area contributed by atoms with Gasteiger partial charge in [0.1, 0.15) is 0 Å². The molecule has 4 heteroatoms. The second kappa shape index (κ2) is 2.65. The fourth-order valence-electron chi connectivity index (χ4n) is 1.54. The summed E-state index contributed by atoms with van der Waals surface area (Å²) in [6.07, 6.45) is 1.20. The summed E-state index contributed by atoms with van der Waals surface area (Å²) < 4.78 is 0. The van der Waals surface area contributed by atoms with Gasteiger partial charge in [0.25, 0.3) is 5.69 Å². The van der Waals surface area contributed by atoms with E-state index < -0.39 is 4.92 Å². The third kappa shape index (κ3) is 1.20. The van der Waals surface area contributed by atoms with Gasteiger partial charge in [-0.15, -0.1) is 0 Å². The number of non-ortho nitro benzene ring substituents is 1. The second-order valence-corrected chi connectivity index (χ2v) is 3.02. The molecular formula is C9H7NO3. The molecule has 0 atom stereocenters. The van der Waals surface area contributed by atoms with Crippen molar-refractivity contribution in [1.82, 2.24) is 0 Å². The average molecular weight is 177 g/mol. The Hall–Kier alpha value is -1.71. The topological polar surface area (TPSA) is 60.2 Å². The van der Waals surface area contributed by atoms with Crippen LogP contribution < -0.4 is 0 Å². The molecule has 0 unspecified atom stereocenters. The van der Waals surface area contributed by atoms with Crippen LogP contribution in [0.4, 0.5) is 5.69 Å². The molecule has 0 saturated heterocycles. The van der Waals surface area contributed by atoms with Gasteiger partial charge in [0.15, 0.2) is 5.78 Å². The number of Topliss-reactive ketones (excluding diaryl/α,β-unsaturated/α-hetero) is 1. The molecule has 0 heterocycles. The second-order valence-electron chi connectivity index (χ2n) is 3.02. The highest BCUT2D eigenvalue weighted by atomic mass is 16.6. The first-order valence-electron chi connectivity index (χ1n) is 3.99. The van der Waals surface area contributed by atoms with E-state index in [1.807, 2.05) is 0 Å². The van der Waals surface area contributed by atoms with Gasteiger partial charge in [-0.1, -0.05) is 6.07 Å². The van der Waals surface area contributed by atoms with Gasteiger partial charge < -0.3 is 0 Å². The van der Waals surface area contributed by atoms with Crippen LogP contribution in [0, 0.1) is 10.1 Å². The Morgan fingerprint density at radius 2 is 2.08 bits per heavy atom. The number of ketones is 1. The smallest absolute Gasteiger partial charge is 0.270 e. The van der Waals surface area contributed by atoms with Gasteiger partial charge in [0.2, 0.25) is 0 Å². The average Bonchev–Trinajstić information content (AvgIpc) is 2.47. The Morgan fingerprint density at radius 1 is 1.31 bits per heavy atom. The standard InChI is InChI=1S/C9H7NO3/c11-9-4-2-6-1-3-7(10(12)13)5-8(6)9/h1,3,5H,2,4H2. The molecule has 0 spiro atoms. The molecule has 0 fully saturated rings. The molecule has 0 aromatic heterocycles. The highest BCUT2D eigenvalue weighted by Crippen LogP contribution is 2.25. The van der Waals surface area contributed by atoms with E-state index in [1.165, 1.54) is 12.1 Å². The minimum absolute atomic E-state index is 0.00556. The van der Waals surface area contributed by atoms with E-state index in [0.717, 1.165) is 5.56 Å². The van der Waals surface area contributed by atoms with Crippen LogP contribution in [0.1, 0.15) is 22.3 Å². The van der Waals surface area contributed by atoms with E-state index in [2.05, 4.69) is 0 Å². The number of hydrogen-bond acceptors (Lipinski definition) is 3. The number of nitro groups is 1. The maximum Gasteiger partial charge on any atom is 0.270 e. The van der Waals surface area contributed by atoms with Gasteiger partial charge in [-0.05, 0) is 12.0 Å². The largest absolute Gasteiger partial charge is 0.294 e. The number of hydrogen-bond donors (Lipinski definition) is 0. The molecule has 0 N–H and O–H groups in total. The van der Waals surface area contributed by atoms with Crippen LogP contribution in [0.3, 0.4) is 0 Å². The van der Waals surface area contributed by atoms with Crippen molar-refractivity contribution < 1.29 is 9.72 Å². The van der Waals surface area contributed by atoms with E-state index in [4.69, 9.17) is 0 Å². The monoisotopic (exact) mass is 177 g/mol. The lowest BCUT2D eigenvalue weighted by Crippen LogP contribution is -1.94. The fourth-order valence-corrected chi connectivity index (χ4v) is 1.54. The predicted octanol–water partition coefficient (Wildman–Crippen LogP) is 1.72. The third-order valence-electron chi connectivity index (χ3n) is 2.23. The van der Waals surface area contributed by atoms with Crippen molar-refractivity contribution in [3.05, 3.63) is 39.4 Å². The van der Waals surface area contributed by atoms with Gasteiger partial charge in [-0.3, -0.25) is 14.9 Å². The highest BCUT2D eigenvalue weighted by molar-refractivity contribution is 6.00. The minimum Gasteiger partial charge on any atom is -0.294 e. The van der Waals surface area contributed by atoms with Gasteiger partial charge in [0.05, 0.1) is 4.92 Å². The van der Waals surface area contributed by atoms with Crippen molar-refractivity contribution in [2.24, 2.45) is 0 Å². The van der Waals surface area contributed by atoms with Crippen LogP contribution in [0.5, 0.6) is 0 Å². The number of benzene rings is 1. The molecule has 13 heavy (non-hydrogen) atoms. The molecule has 2 rings (SSSR count). The number of aryl methyl sites for hydroxylation is 1. The molecule has 0 bridgehead atoms. The fraction of sp³-hybridized carbons (Fsp3) is 0.222. The number of nitrogens with zero attached hydrogens (tertiary/aromatic N) is 1. The summed E-state index contributed by atoms with van der Waals surface area (Å²) in [5, 5.41) is 10.4. The molecule has 1 aromatic carbocycles. The minimum atomic E-state index is -0.480. The van der Waals surface area contributed by atoms with Crippen molar-refractivity contribution in [3.63, 3.8) is 0 Å². The van der Waals surface area contributed by atoms with E-state index in [-0.39, 0.29) is 11.5 Å². The van der Waals surface area contributed by atoms with Gasteiger partial charge in [-0.25, -0.2) is 0 Å². The number of carbonyl (C=O) groups excluding carboxylic acids is 1. The van der Waals surface area contributed by atoms with Crippen LogP contribution in [-0.4, -0.2) is 10.7 Å². The maximum absolute atomic E-state index is 11.2. The van der Waals surface area contributed by atoms with Crippen molar-refractivity contribution in [3.8, 4) is 0 Å². The van der Waals surface area contributed by atoms with E-state index in [1.54, 1.807) is 6.07 Å². The summed E-state index contributed by atoms with van der Waals surface area (Å²) in [5.74, 6) is 0.0127. The van der Waals surface area contributed by atoms with Crippen LogP contribution in [0.2, 0.25) is 0 Å². The van der Waals surface area contributed by atoms with Gasteiger partial charge >= 0.3 is 0 Å². The number of fused-ring (bicyclic) bond motifs is 1. The number of carbonyl (C=O) groups is 1. The summed E-state index contributed by atoms with van der Waals surface area (Å²) >= 11 is 0. The lowest BCUT2D eigenvalue weighted by atomic mass is 10.1. The molecule has 0 amide bonds. The number of nitro benzene ring substituents is 1. The molecule has 1 aliphatic carbocycles. The van der Waals surface area contributed by atoms with Crippen LogP contribution in [0.25, 0.3) is 0 Å². The summed E-state index contributed by atoms with van der Waals surface area (Å²) in [6, 6.07) is 4.47. The predicted molar refractivity (Wildman–Crippen MR) is 45.7 cm³/mol. The van der Waals surface area contributed by atoms with E-state index in [9.17, 15) is 14.9 Å². The van der Waals surface area contributed by atoms with Crippen molar-refractivity contribution in [2.45, 2.75) is 12.8 Å². The van der Waals surface area contributed by atoms with E-state index >= 15 is 0 Å². The Bertz CT molecular complexity index is 398. The first-order valence-corrected chi connectivity index (χ1v) is 3.99. The Morgan fingerprint density at radius 3 is 2.77 bits per heavy atom. The summed E-state index contributed by atoms with van der Waals surface area (Å²) in [6.45, 7) is 0. The molecule has 1 aliphatic rings. The lowest BCUT2D eigenvalue weighted by molar-refractivity contribution is -0.384. The van der Waals surface area contributed by atoms with Gasteiger partial charge in [0, 0.05) is 24.1 Å².